The third-order valence-corrected chi connectivity index (χ3v) is 6.98. The average Bonchev–Trinajstić information content (AvgIpc) is 3.23. The Morgan fingerprint density at radius 2 is 1.84 bits per heavy atom. The van der Waals surface area contributed by atoms with E-state index in [0.717, 1.165) is 23.7 Å². The van der Waals surface area contributed by atoms with Gasteiger partial charge in [0.2, 0.25) is 5.91 Å². The lowest BCUT2D eigenvalue weighted by Gasteiger charge is -2.28. The molecule has 37 heavy (non-hydrogen) atoms. The Bertz CT molecular complexity index is 965. The highest BCUT2D eigenvalue weighted by Crippen LogP contribution is 2.23. The molecule has 1 aromatic heterocycles. The molecular weight excluding hydrogens is 492 g/mol. The van der Waals surface area contributed by atoms with Gasteiger partial charge in [0.15, 0.2) is 0 Å². The predicted molar refractivity (Wildman–Crippen MR) is 152 cm³/mol. The number of methoxy groups -OCH3 is 1. The third kappa shape index (κ3) is 9.93. The van der Waals surface area contributed by atoms with Crippen LogP contribution in [0, 0.1) is 17.8 Å². The lowest BCUT2D eigenvalue weighted by molar-refractivity contribution is -0.125. The van der Waals surface area contributed by atoms with E-state index in [4.69, 9.17) is 10.5 Å². The van der Waals surface area contributed by atoms with Gasteiger partial charge in [0, 0.05) is 55.8 Å². The minimum Gasteiger partial charge on any atom is -0.391 e. The molecule has 1 heterocycles. The number of unbranched alkanes of at least 4 members (excludes halogenated alkanes) is 1. The first-order valence-electron chi connectivity index (χ1n) is 13.3. The molecule has 0 aliphatic heterocycles. The van der Waals surface area contributed by atoms with Gasteiger partial charge in [-0.1, -0.05) is 52.3 Å². The number of aromatic nitrogens is 1. The van der Waals surface area contributed by atoms with Crippen molar-refractivity contribution < 1.29 is 19.4 Å². The number of amides is 2. The molecule has 0 radical (unpaired) electrons. The summed E-state index contributed by atoms with van der Waals surface area (Å²) in [6, 6.07) is 7.38. The smallest absolute Gasteiger partial charge is 0.253 e. The first-order chi connectivity index (χ1) is 17.2. The Hall–Kier alpha value is -2.13. The topological polar surface area (TPSA) is 119 Å². The van der Waals surface area contributed by atoms with Crippen molar-refractivity contribution in [2.75, 3.05) is 26.8 Å². The number of benzene rings is 1. The molecule has 0 saturated carbocycles. The molecule has 0 saturated heterocycles. The Balaban J connectivity index is 0.00000684. The zero-order valence-corrected chi connectivity index (χ0v) is 23.9. The lowest BCUT2D eigenvalue weighted by atomic mass is 9.86. The van der Waals surface area contributed by atoms with Gasteiger partial charge in [-0.2, -0.15) is 0 Å². The molecule has 0 aliphatic rings. The van der Waals surface area contributed by atoms with Crippen molar-refractivity contribution in [1.82, 2.24) is 15.2 Å². The number of carbonyl (C=O) groups excluding carboxylic acids is 2. The van der Waals surface area contributed by atoms with E-state index in [9.17, 15) is 14.7 Å². The Labute approximate surface area is 228 Å². The molecule has 2 amide bonds. The van der Waals surface area contributed by atoms with Crippen molar-refractivity contribution in [3.63, 3.8) is 0 Å². The summed E-state index contributed by atoms with van der Waals surface area (Å²) in [4.78, 5) is 25.4. The van der Waals surface area contributed by atoms with Crippen LogP contribution in [0.5, 0.6) is 0 Å². The van der Waals surface area contributed by atoms with E-state index >= 15 is 0 Å². The minimum atomic E-state index is -0.785. The van der Waals surface area contributed by atoms with Crippen molar-refractivity contribution in [2.45, 2.75) is 72.1 Å². The van der Waals surface area contributed by atoms with Crippen LogP contribution < -0.4 is 16.4 Å². The molecule has 8 nitrogen and oxygen atoms in total. The second-order valence-electron chi connectivity index (χ2n) is 10.2. The van der Waals surface area contributed by atoms with Gasteiger partial charge in [-0.05, 0) is 37.2 Å². The molecular formula is C28H47ClN4O4. The van der Waals surface area contributed by atoms with Crippen LogP contribution >= 0.6 is 12.4 Å². The van der Waals surface area contributed by atoms with Crippen LogP contribution in [-0.4, -0.2) is 60.4 Å². The molecule has 2 rings (SSSR count). The Kier molecular flexibility index (Phi) is 14.8. The number of nitrogens with two attached hydrogens (primary N) is 1. The molecule has 0 aliphatic carbocycles. The fourth-order valence-corrected chi connectivity index (χ4v) is 4.43. The van der Waals surface area contributed by atoms with Gasteiger partial charge in [-0.3, -0.25) is 9.59 Å². The molecule has 0 bridgehead atoms. The Morgan fingerprint density at radius 3 is 2.49 bits per heavy atom. The van der Waals surface area contributed by atoms with Crippen LogP contribution in [0.2, 0.25) is 0 Å². The number of nitrogens with zero attached hydrogens (tertiary/aromatic N) is 1. The van der Waals surface area contributed by atoms with Crippen molar-refractivity contribution >= 4 is 35.1 Å². The van der Waals surface area contributed by atoms with E-state index < -0.39 is 12.1 Å². The lowest BCUT2D eigenvalue weighted by Crippen LogP contribution is -2.42. The molecule has 2 aromatic rings. The van der Waals surface area contributed by atoms with Crippen molar-refractivity contribution in [3.8, 4) is 0 Å². The quantitative estimate of drug-likeness (QED) is 0.243. The van der Waals surface area contributed by atoms with E-state index in [1.165, 1.54) is 0 Å². The van der Waals surface area contributed by atoms with Gasteiger partial charge in [0.1, 0.15) is 0 Å². The fraction of sp³-hybridized carbons (Fsp3) is 0.643. The maximum atomic E-state index is 13.1. The molecule has 4 atom stereocenters. The molecule has 5 N–H and O–H groups in total. The van der Waals surface area contributed by atoms with Gasteiger partial charge in [-0.25, -0.2) is 0 Å². The number of fused-ring (bicyclic) bond motifs is 1. The minimum absolute atomic E-state index is 0. The van der Waals surface area contributed by atoms with E-state index in [-0.39, 0.29) is 42.0 Å². The number of nitrogens with one attached hydrogen (secondary N) is 2. The number of carbonyl (C=O) groups is 2. The number of ether oxygens (including phenoxy) is 1. The number of para-hydroxylation sites is 1. The summed E-state index contributed by atoms with van der Waals surface area (Å²) < 4.78 is 7.25. The number of halogens is 1. The van der Waals surface area contributed by atoms with E-state index in [1.807, 2.05) is 42.0 Å². The number of rotatable bonds is 16. The Morgan fingerprint density at radius 1 is 1.14 bits per heavy atom. The summed E-state index contributed by atoms with van der Waals surface area (Å²) in [6.45, 7) is 10.4. The third-order valence-electron chi connectivity index (χ3n) is 6.98. The monoisotopic (exact) mass is 538 g/mol. The van der Waals surface area contributed by atoms with Crippen molar-refractivity contribution in [2.24, 2.45) is 23.5 Å². The SMILES string of the molecule is CCCCNC(=O)C(C)CC(O)C(N)CC(CNC(=O)c1cn(CCOC)c2ccccc12)C(C)C.Cl. The van der Waals surface area contributed by atoms with Gasteiger partial charge >= 0.3 is 0 Å². The first kappa shape index (κ1) is 32.9. The van der Waals surface area contributed by atoms with Crippen molar-refractivity contribution in [1.29, 1.82) is 0 Å². The van der Waals surface area contributed by atoms with Crippen molar-refractivity contribution in [3.05, 3.63) is 36.0 Å². The summed E-state index contributed by atoms with van der Waals surface area (Å²) in [5.74, 6) is -0.127. The summed E-state index contributed by atoms with van der Waals surface area (Å²) in [6.07, 6.45) is 3.93. The highest BCUT2D eigenvalue weighted by atomic mass is 35.5. The van der Waals surface area contributed by atoms with E-state index in [1.54, 1.807) is 7.11 Å². The molecule has 0 spiro atoms. The van der Waals surface area contributed by atoms with Crippen LogP contribution in [0.15, 0.2) is 30.5 Å². The number of hydrogen-bond donors (Lipinski definition) is 4. The summed E-state index contributed by atoms with van der Waals surface area (Å²) in [7, 11) is 1.66. The van der Waals surface area contributed by atoms with Crippen LogP contribution in [0.1, 0.15) is 63.7 Å². The summed E-state index contributed by atoms with van der Waals surface area (Å²) in [5, 5.41) is 17.6. The van der Waals surface area contributed by atoms with Crippen LogP contribution in [0.25, 0.3) is 10.9 Å². The number of aliphatic hydroxyl groups is 1. The maximum Gasteiger partial charge on any atom is 0.253 e. The average molecular weight is 539 g/mol. The summed E-state index contributed by atoms with van der Waals surface area (Å²) in [5.41, 5.74) is 7.99. The summed E-state index contributed by atoms with van der Waals surface area (Å²) >= 11 is 0. The molecule has 210 valence electrons. The standard InChI is InChI=1S/C28H46N4O4.ClH/c1-6-7-12-30-27(34)20(4)15-26(33)24(29)16-21(19(2)3)17-31-28(35)23-18-32(13-14-36-5)25-11-9-8-10-22(23)25;/h8-11,18-21,24,26,33H,6-7,12-17,29H2,1-5H3,(H,30,34)(H,31,35);1H. The highest BCUT2D eigenvalue weighted by Gasteiger charge is 2.26. The number of aliphatic hydroxyl groups excluding tert-OH is 1. The predicted octanol–water partition coefficient (Wildman–Crippen LogP) is 3.73. The van der Waals surface area contributed by atoms with E-state index in [2.05, 4.69) is 31.4 Å². The fourth-order valence-electron chi connectivity index (χ4n) is 4.43. The van der Waals surface area contributed by atoms with Crippen LogP contribution in [0.3, 0.4) is 0 Å². The van der Waals surface area contributed by atoms with Crippen LogP contribution in [0.4, 0.5) is 0 Å². The molecule has 1 aromatic carbocycles. The number of hydrogen-bond acceptors (Lipinski definition) is 5. The zero-order chi connectivity index (χ0) is 26.7. The second-order valence-corrected chi connectivity index (χ2v) is 10.2. The van der Waals surface area contributed by atoms with Crippen LogP contribution in [-0.2, 0) is 16.1 Å². The largest absolute Gasteiger partial charge is 0.391 e. The molecule has 9 heteroatoms. The van der Waals surface area contributed by atoms with E-state index in [0.29, 0.717) is 44.6 Å². The maximum absolute atomic E-state index is 13.1. The van der Waals surface area contributed by atoms with Gasteiger partial charge in [0.25, 0.3) is 5.91 Å². The first-order valence-corrected chi connectivity index (χ1v) is 13.3. The van der Waals surface area contributed by atoms with Gasteiger partial charge in [0.05, 0.1) is 18.3 Å². The second kappa shape index (κ2) is 16.7. The normalized spacial score (nSPS) is 14.6. The zero-order valence-electron chi connectivity index (χ0n) is 23.0. The van der Waals surface area contributed by atoms with Gasteiger partial charge in [-0.15, -0.1) is 12.4 Å². The highest BCUT2D eigenvalue weighted by molar-refractivity contribution is 6.07. The molecule has 4 unspecified atom stereocenters. The van der Waals surface area contributed by atoms with Gasteiger partial charge < -0.3 is 30.8 Å². The molecule has 0 fully saturated rings.